The molecule has 2 N–H and O–H groups in total. The normalized spacial score (nSPS) is 16.4. The first-order valence-corrected chi connectivity index (χ1v) is 5.08. The number of fused-ring (bicyclic) bond motifs is 1. The van der Waals surface area contributed by atoms with Gasteiger partial charge in [0.15, 0.2) is 6.79 Å². The van der Waals surface area contributed by atoms with E-state index in [2.05, 4.69) is 5.32 Å². The van der Waals surface area contributed by atoms with E-state index in [-0.39, 0.29) is 25.5 Å². The zero-order valence-electron chi connectivity index (χ0n) is 9.00. The van der Waals surface area contributed by atoms with Crippen LogP contribution < -0.4 is 10.1 Å². The SMILES string of the molecule is CNCC(O)c1c(F)ccc2c1COCO2. The van der Waals surface area contributed by atoms with E-state index in [1.54, 1.807) is 13.1 Å². The number of aliphatic hydroxyl groups is 1. The summed E-state index contributed by atoms with van der Waals surface area (Å²) >= 11 is 0. The maximum atomic E-state index is 13.7. The van der Waals surface area contributed by atoms with Crippen LogP contribution in [0.1, 0.15) is 17.2 Å². The van der Waals surface area contributed by atoms with Gasteiger partial charge in [0.25, 0.3) is 0 Å². The molecule has 1 aliphatic rings. The van der Waals surface area contributed by atoms with Crippen molar-refractivity contribution in [1.29, 1.82) is 0 Å². The van der Waals surface area contributed by atoms with Crippen molar-refractivity contribution in [3.8, 4) is 5.75 Å². The molecule has 2 rings (SSSR count). The second-order valence-electron chi connectivity index (χ2n) is 3.62. The van der Waals surface area contributed by atoms with Gasteiger partial charge in [-0.25, -0.2) is 4.39 Å². The maximum Gasteiger partial charge on any atom is 0.189 e. The average molecular weight is 227 g/mol. The summed E-state index contributed by atoms with van der Waals surface area (Å²) in [5.74, 6) is 0.147. The first kappa shape index (κ1) is 11.3. The molecule has 1 aliphatic heterocycles. The first-order chi connectivity index (χ1) is 7.74. The molecule has 1 heterocycles. The predicted molar refractivity (Wildman–Crippen MR) is 55.6 cm³/mol. The van der Waals surface area contributed by atoms with Crippen molar-refractivity contribution in [1.82, 2.24) is 5.32 Å². The summed E-state index contributed by atoms with van der Waals surface area (Å²) in [4.78, 5) is 0. The number of ether oxygens (including phenoxy) is 2. The Hall–Kier alpha value is -1.17. The Morgan fingerprint density at radius 3 is 3.12 bits per heavy atom. The largest absolute Gasteiger partial charge is 0.467 e. The summed E-state index contributed by atoms with van der Waals surface area (Å²) in [7, 11) is 1.70. The fourth-order valence-corrected chi connectivity index (χ4v) is 1.80. The molecule has 0 radical (unpaired) electrons. The average Bonchev–Trinajstić information content (AvgIpc) is 2.29. The van der Waals surface area contributed by atoms with E-state index >= 15 is 0 Å². The van der Waals surface area contributed by atoms with Crippen LogP contribution in [0.5, 0.6) is 5.75 Å². The maximum absolute atomic E-state index is 13.7. The molecule has 0 aliphatic carbocycles. The highest BCUT2D eigenvalue weighted by atomic mass is 19.1. The summed E-state index contributed by atoms with van der Waals surface area (Å²) in [6.07, 6.45) is -0.898. The molecule has 0 saturated heterocycles. The van der Waals surface area contributed by atoms with Gasteiger partial charge < -0.3 is 19.9 Å². The molecule has 1 aromatic rings. The summed E-state index contributed by atoms with van der Waals surface area (Å²) in [6, 6.07) is 2.86. The lowest BCUT2D eigenvalue weighted by atomic mass is 10.0. The lowest BCUT2D eigenvalue weighted by Gasteiger charge is -2.23. The van der Waals surface area contributed by atoms with Crippen LogP contribution in [0.15, 0.2) is 12.1 Å². The van der Waals surface area contributed by atoms with Crippen molar-refractivity contribution in [3.05, 3.63) is 29.1 Å². The fraction of sp³-hybridized carbons (Fsp3) is 0.455. The Balaban J connectivity index is 2.41. The fourth-order valence-electron chi connectivity index (χ4n) is 1.80. The van der Waals surface area contributed by atoms with E-state index < -0.39 is 11.9 Å². The van der Waals surface area contributed by atoms with Crippen molar-refractivity contribution >= 4 is 0 Å². The Labute approximate surface area is 93.0 Å². The first-order valence-electron chi connectivity index (χ1n) is 5.08. The second kappa shape index (κ2) is 4.78. The molecule has 16 heavy (non-hydrogen) atoms. The zero-order valence-corrected chi connectivity index (χ0v) is 9.00. The van der Waals surface area contributed by atoms with E-state index in [0.29, 0.717) is 11.3 Å². The van der Waals surface area contributed by atoms with Crippen molar-refractivity contribution in [3.63, 3.8) is 0 Å². The number of aliphatic hydroxyl groups excluding tert-OH is 1. The highest BCUT2D eigenvalue weighted by Crippen LogP contribution is 2.32. The third kappa shape index (κ3) is 2.02. The van der Waals surface area contributed by atoms with Crippen molar-refractivity contribution in [2.75, 3.05) is 20.4 Å². The number of halogens is 1. The molecular formula is C11H14FNO3. The highest BCUT2D eigenvalue weighted by Gasteiger charge is 2.22. The van der Waals surface area contributed by atoms with Crippen LogP contribution in [-0.4, -0.2) is 25.5 Å². The quantitative estimate of drug-likeness (QED) is 0.807. The van der Waals surface area contributed by atoms with Gasteiger partial charge in [0.1, 0.15) is 11.6 Å². The lowest BCUT2D eigenvalue weighted by molar-refractivity contribution is -0.0183. The van der Waals surface area contributed by atoms with Gasteiger partial charge in [-0.1, -0.05) is 0 Å². The van der Waals surface area contributed by atoms with Crippen LogP contribution in [0.2, 0.25) is 0 Å². The molecule has 0 saturated carbocycles. The van der Waals surface area contributed by atoms with E-state index in [9.17, 15) is 9.50 Å². The third-order valence-corrected chi connectivity index (χ3v) is 2.54. The minimum atomic E-state index is -0.898. The van der Waals surface area contributed by atoms with Gasteiger partial charge in [-0.3, -0.25) is 0 Å². The summed E-state index contributed by atoms with van der Waals surface area (Å²) in [6.45, 7) is 0.719. The molecule has 5 heteroatoms. The number of likely N-dealkylation sites (N-methyl/N-ethyl adjacent to an activating group) is 1. The highest BCUT2D eigenvalue weighted by molar-refractivity contribution is 5.42. The monoisotopic (exact) mass is 227 g/mol. The van der Waals surface area contributed by atoms with Gasteiger partial charge >= 0.3 is 0 Å². The van der Waals surface area contributed by atoms with Gasteiger partial charge in [0, 0.05) is 17.7 Å². The Kier molecular flexibility index (Phi) is 3.38. The summed E-state index contributed by atoms with van der Waals surface area (Å²) in [5, 5.41) is 12.6. The molecule has 88 valence electrons. The Morgan fingerprint density at radius 1 is 1.56 bits per heavy atom. The zero-order chi connectivity index (χ0) is 11.5. The topological polar surface area (TPSA) is 50.7 Å². The number of nitrogens with one attached hydrogen (secondary N) is 1. The minimum Gasteiger partial charge on any atom is -0.467 e. The molecule has 1 unspecified atom stereocenters. The third-order valence-electron chi connectivity index (χ3n) is 2.54. The smallest absolute Gasteiger partial charge is 0.189 e. The van der Waals surface area contributed by atoms with Crippen LogP contribution in [0, 0.1) is 5.82 Å². The molecule has 0 fully saturated rings. The predicted octanol–water partition coefficient (Wildman–Crippen LogP) is 0.945. The summed E-state index contributed by atoms with van der Waals surface area (Å²) in [5.41, 5.74) is 0.848. The van der Waals surface area contributed by atoms with Crippen LogP contribution in [-0.2, 0) is 11.3 Å². The number of rotatable bonds is 3. The van der Waals surface area contributed by atoms with Gasteiger partial charge in [-0.2, -0.15) is 0 Å². The van der Waals surface area contributed by atoms with E-state index in [0.717, 1.165) is 0 Å². The van der Waals surface area contributed by atoms with Crippen LogP contribution in [0.3, 0.4) is 0 Å². The van der Waals surface area contributed by atoms with Crippen LogP contribution >= 0.6 is 0 Å². The minimum absolute atomic E-state index is 0.167. The Morgan fingerprint density at radius 2 is 2.38 bits per heavy atom. The van der Waals surface area contributed by atoms with Gasteiger partial charge in [0.2, 0.25) is 0 Å². The summed E-state index contributed by atoms with van der Waals surface area (Å²) < 4.78 is 24.0. The molecular weight excluding hydrogens is 213 g/mol. The number of hydrogen-bond acceptors (Lipinski definition) is 4. The number of benzene rings is 1. The van der Waals surface area contributed by atoms with Crippen molar-refractivity contribution in [2.45, 2.75) is 12.7 Å². The second-order valence-corrected chi connectivity index (χ2v) is 3.62. The Bertz CT molecular complexity index is 384. The van der Waals surface area contributed by atoms with E-state index in [4.69, 9.17) is 9.47 Å². The molecule has 0 bridgehead atoms. The molecule has 1 atom stereocenters. The van der Waals surface area contributed by atoms with Crippen molar-refractivity contribution in [2.24, 2.45) is 0 Å². The van der Waals surface area contributed by atoms with Gasteiger partial charge in [-0.05, 0) is 19.2 Å². The van der Waals surface area contributed by atoms with Crippen LogP contribution in [0.4, 0.5) is 4.39 Å². The van der Waals surface area contributed by atoms with Gasteiger partial charge in [-0.15, -0.1) is 0 Å². The standard InChI is InChI=1S/C11H14FNO3/c1-13-4-9(14)11-7-5-15-6-16-10(7)3-2-8(11)12/h2-3,9,13-14H,4-6H2,1H3. The number of hydrogen-bond donors (Lipinski definition) is 2. The molecule has 4 nitrogen and oxygen atoms in total. The van der Waals surface area contributed by atoms with Crippen molar-refractivity contribution < 1.29 is 19.0 Å². The molecule has 0 spiro atoms. The van der Waals surface area contributed by atoms with Gasteiger partial charge in [0.05, 0.1) is 12.7 Å². The van der Waals surface area contributed by atoms with Crippen LogP contribution in [0.25, 0.3) is 0 Å². The van der Waals surface area contributed by atoms with E-state index in [1.807, 2.05) is 0 Å². The molecule has 0 aromatic heterocycles. The van der Waals surface area contributed by atoms with E-state index in [1.165, 1.54) is 6.07 Å². The lowest BCUT2D eigenvalue weighted by Crippen LogP contribution is -2.21. The molecule has 0 amide bonds. The molecule has 1 aromatic carbocycles.